The van der Waals surface area contributed by atoms with Gasteiger partial charge in [-0.15, -0.1) is 0 Å². The Morgan fingerprint density at radius 1 is 1.00 bits per heavy atom. The number of pyridine rings is 1. The summed E-state index contributed by atoms with van der Waals surface area (Å²) in [6.45, 7) is 0.706. The molecule has 1 aromatic heterocycles. The van der Waals surface area contributed by atoms with Crippen LogP contribution in [0.15, 0.2) is 72.9 Å². The number of benzene rings is 3. The van der Waals surface area contributed by atoms with Gasteiger partial charge in [-0.25, -0.2) is 13.0 Å². The second-order valence-corrected chi connectivity index (χ2v) is 9.53. The van der Waals surface area contributed by atoms with Crippen molar-refractivity contribution in [2.24, 2.45) is 0 Å². The van der Waals surface area contributed by atoms with Crippen molar-refractivity contribution in [3.63, 3.8) is 0 Å². The van der Waals surface area contributed by atoms with Gasteiger partial charge in [0.25, 0.3) is 5.91 Å². The monoisotopic (exact) mass is 477 g/mol. The van der Waals surface area contributed by atoms with E-state index < -0.39 is 28.5 Å². The first-order valence-corrected chi connectivity index (χ1v) is 12.2. The van der Waals surface area contributed by atoms with Crippen LogP contribution in [-0.4, -0.2) is 27.4 Å². The highest BCUT2D eigenvalue weighted by Crippen LogP contribution is 2.32. The lowest BCUT2D eigenvalue weighted by molar-refractivity contribution is 0.102. The number of aromatic nitrogens is 1. The predicted molar refractivity (Wildman–Crippen MR) is 131 cm³/mol. The van der Waals surface area contributed by atoms with Gasteiger partial charge in [0.15, 0.2) is 11.6 Å². The van der Waals surface area contributed by atoms with Crippen LogP contribution in [-0.2, 0) is 11.0 Å². The Morgan fingerprint density at radius 3 is 2.59 bits per heavy atom. The van der Waals surface area contributed by atoms with Gasteiger partial charge in [-0.2, -0.15) is 0 Å². The number of hydrogen-bond donors (Lipinski definition) is 1. The third-order valence-electron chi connectivity index (χ3n) is 5.81. The summed E-state index contributed by atoms with van der Waals surface area (Å²) in [6, 6.07) is 18.2. The smallest absolute Gasteiger partial charge is 0.255 e. The van der Waals surface area contributed by atoms with Gasteiger partial charge in [0.05, 0.1) is 5.69 Å². The van der Waals surface area contributed by atoms with Crippen molar-refractivity contribution in [3.05, 3.63) is 90.1 Å². The molecule has 8 heteroatoms. The summed E-state index contributed by atoms with van der Waals surface area (Å²) in [5, 5.41) is 4.17. The molecule has 2 heterocycles. The van der Waals surface area contributed by atoms with Crippen molar-refractivity contribution in [1.29, 1.82) is 0 Å². The van der Waals surface area contributed by atoms with E-state index in [9.17, 15) is 17.8 Å². The molecule has 5 nitrogen and oxygen atoms in total. The molecule has 1 N–H and O–H groups in total. The van der Waals surface area contributed by atoms with Crippen LogP contribution in [0.4, 0.5) is 20.2 Å². The molecule has 1 fully saturated rings. The van der Waals surface area contributed by atoms with Crippen molar-refractivity contribution in [2.45, 2.75) is 12.8 Å². The van der Waals surface area contributed by atoms with E-state index in [0.29, 0.717) is 28.9 Å². The molecule has 1 aliphatic heterocycles. The Morgan fingerprint density at radius 2 is 1.79 bits per heavy atom. The van der Waals surface area contributed by atoms with Gasteiger partial charge >= 0.3 is 0 Å². The first-order chi connectivity index (χ1) is 16.5. The average molecular weight is 478 g/mol. The SMILES string of the molecule is O=C(Nc1cc(F)c(F)c(-c2nccc3ccccc23)c1)c1ccc(N2CCCCS2=O)cc1. The molecular weight excluding hydrogens is 456 g/mol. The van der Waals surface area contributed by atoms with E-state index in [4.69, 9.17) is 0 Å². The summed E-state index contributed by atoms with van der Waals surface area (Å²) in [6.07, 6.45) is 3.45. The summed E-state index contributed by atoms with van der Waals surface area (Å²) < 4.78 is 43.3. The highest BCUT2D eigenvalue weighted by atomic mass is 32.2. The summed E-state index contributed by atoms with van der Waals surface area (Å²) in [7, 11) is -1.06. The van der Waals surface area contributed by atoms with Gasteiger partial charge in [-0.1, -0.05) is 24.3 Å². The first kappa shape index (κ1) is 22.2. The number of halogens is 2. The van der Waals surface area contributed by atoms with Gasteiger partial charge in [-0.3, -0.25) is 14.1 Å². The maximum absolute atomic E-state index is 14.8. The lowest BCUT2D eigenvalue weighted by Crippen LogP contribution is -2.32. The number of amides is 1. The fraction of sp³-hybridized carbons (Fsp3) is 0.154. The van der Waals surface area contributed by atoms with Crippen LogP contribution in [0, 0.1) is 11.6 Å². The fourth-order valence-electron chi connectivity index (χ4n) is 4.09. The van der Waals surface area contributed by atoms with Crippen LogP contribution in [0.5, 0.6) is 0 Å². The fourth-order valence-corrected chi connectivity index (χ4v) is 5.45. The second kappa shape index (κ2) is 9.30. The maximum Gasteiger partial charge on any atom is 0.255 e. The van der Waals surface area contributed by atoms with Crippen molar-refractivity contribution in [3.8, 4) is 11.3 Å². The van der Waals surface area contributed by atoms with Crippen molar-refractivity contribution < 1.29 is 17.8 Å². The minimum Gasteiger partial charge on any atom is -0.322 e. The number of carbonyl (C=O) groups excluding carboxylic acids is 1. The molecule has 0 radical (unpaired) electrons. The largest absolute Gasteiger partial charge is 0.322 e. The lowest BCUT2D eigenvalue weighted by atomic mass is 10.0. The maximum atomic E-state index is 14.8. The van der Waals surface area contributed by atoms with Crippen LogP contribution in [0.3, 0.4) is 0 Å². The van der Waals surface area contributed by atoms with Gasteiger partial charge < -0.3 is 5.32 Å². The highest BCUT2D eigenvalue weighted by Gasteiger charge is 2.20. The van der Waals surface area contributed by atoms with Crippen LogP contribution in [0.1, 0.15) is 23.2 Å². The minimum atomic E-state index is -1.08. The standard InChI is InChI=1S/C26H21F2N3O2S/c27-23-16-19(15-22(24(23)28)25-21-6-2-1-5-17(21)11-12-29-25)30-26(32)18-7-9-20(10-8-18)31-13-3-4-14-34(31)33/h1-2,5-12,15-16H,3-4,13-14H2,(H,30,32). The number of fused-ring (bicyclic) bond motifs is 1. The molecule has 1 amide bonds. The van der Waals surface area contributed by atoms with Crippen LogP contribution in [0.25, 0.3) is 22.0 Å². The Hall–Kier alpha value is -3.65. The molecule has 0 spiro atoms. The molecule has 1 aliphatic rings. The third kappa shape index (κ3) is 4.28. The number of anilines is 2. The van der Waals surface area contributed by atoms with E-state index in [1.807, 2.05) is 16.4 Å². The number of carbonyl (C=O) groups is 1. The molecule has 1 atom stereocenters. The Balaban J connectivity index is 1.42. The van der Waals surface area contributed by atoms with Crippen LogP contribution in [0.2, 0.25) is 0 Å². The summed E-state index contributed by atoms with van der Waals surface area (Å²) in [5.74, 6) is -1.94. The van der Waals surface area contributed by atoms with E-state index in [0.717, 1.165) is 30.0 Å². The molecule has 3 aromatic carbocycles. The number of hydrogen-bond acceptors (Lipinski definition) is 3. The summed E-state index contributed by atoms with van der Waals surface area (Å²) >= 11 is 0. The average Bonchev–Trinajstić information content (AvgIpc) is 2.86. The van der Waals surface area contributed by atoms with E-state index in [2.05, 4.69) is 10.3 Å². The van der Waals surface area contributed by atoms with Crippen molar-refractivity contribution in [1.82, 2.24) is 4.98 Å². The molecule has 1 saturated heterocycles. The van der Waals surface area contributed by atoms with Crippen LogP contribution >= 0.6 is 0 Å². The molecule has 0 aliphatic carbocycles. The second-order valence-electron chi connectivity index (χ2n) is 8.04. The zero-order valence-electron chi connectivity index (χ0n) is 18.1. The molecule has 5 rings (SSSR count). The summed E-state index contributed by atoms with van der Waals surface area (Å²) in [4.78, 5) is 17.1. The molecule has 0 bridgehead atoms. The van der Waals surface area contributed by atoms with Gasteiger partial charge in [0.2, 0.25) is 0 Å². The molecular formula is C26H21F2N3O2S. The molecule has 0 saturated carbocycles. The topological polar surface area (TPSA) is 62.3 Å². The lowest BCUT2D eigenvalue weighted by Gasteiger charge is -2.27. The third-order valence-corrected chi connectivity index (χ3v) is 7.33. The van der Waals surface area contributed by atoms with E-state index in [-0.39, 0.29) is 11.3 Å². The number of nitrogens with zero attached hydrogens (tertiary/aromatic N) is 2. The number of rotatable bonds is 4. The number of nitrogens with one attached hydrogen (secondary N) is 1. The van der Waals surface area contributed by atoms with Crippen molar-refractivity contribution in [2.75, 3.05) is 21.9 Å². The molecule has 4 aromatic rings. The molecule has 172 valence electrons. The minimum absolute atomic E-state index is 0.0324. The summed E-state index contributed by atoms with van der Waals surface area (Å²) in [5.41, 5.74) is 1.52. The van der Waals surface area contributed by atoms with Crippen LogP contribution < -0.4 is 9.62 Å². The van der Waals surface area contributed by atoms with Crippen molar-refractivity contribution >= 4 is 39.0 Å². The van der Waals surface area contributed by atoms with Gasteiger partial charge in [-0.05, 0) is 54.6 Å². The predicted octanol–water partition coefficient (Wildman–Crippen LogP) is 5.70. The van der Waals surface area contributed by atoms with Gasteiger partial charge in [0, 0.05) is 52.4 Å². The van der Waals surface area contributed by atoms with E-state index in [1.165, 1.54) is 12.3 Å². The van der Waals surface area contributed by atoms with E-state index >= 15 is 0 Å². The first-order valence-electron chi connectivity index (χ1n) is 10.9. The Kier molecular flexibility index (Phi) is 6.06. The Bertz CT molecular complexity index is 1400. The van der Waals surface area contributed by atoms with E-state index in [1.54, 1.807) is 42.5 Å². The Labute approximate surface area is 198 Å². The molecule has 34 heavy (non-hydrogen) atoms. The zero-order valence-corrected chi connectivity index (χ0v) is 18.9. The normalized spacial score (nSPS) is 15.9. The molecule has 1 unspecified atom stereocenters. The van der Waals surface area contributed by atoms with Gasteiger partial charge in [0.1, 0.15) is 11.0 Å². The zero-order chi connectivity index (χ0) is 23.7. The highest BCUT2D eigenvalue weighted by molar-refractivity contribution is 7.86. The quantitative estimate of drug-likeness (QED) is 0.410.